The average Bonchev–Trinajstić information content (AvgIpc) is 2.91. The van der Waals surface area contributed by atoms with Crippen molar-refractivity contribution in [2.75, 3.05) is 6.54 Å². The number of benzene rings is 2. The largest absolute Gasteiger partial charge is 0.312 e. The molecule has 0 spiro atoms. The average molecular weight is 263 g/mol. The molecule has 1 atom stereocenters. The van der Waals surface area contributed by atoms with Crippen LogP contribution in [0, 0.1) is 0 Å². The molecule has 102 valence electrons. The molecule has 2 aliphatic carbocycles. The third-order valence-corrected chi connectivity index (χ3v) is 4.84. The van der Waals surface area contributed by atoms with Gasteiger partial charge in [0.05, 0.1) is 0 Å². The summed E-state index contributed by atoms with van der Waals surface area (Å²) in [5.41, 5.74) is 7.68. The predicted molar refractivity (Wildman–Crippen MR) is 83.1 cm³/mol. The molecule has 4 rings (SSSR count). The number of rotatable bonds is 4. The monoisotopic (exact) mass is 263 g/mol. The summed E-state index contributed by atoms with van der Waals surface area (Å²) in [5, 5.41) is 3.64. The Morgan fingerprint density at radius 1 is 0.950 bits per heavy atom. The quantitative estimate of drug-likeness (QED) is 0.888. The van der Waals surface area contributed by atoms with Gasteiger partial charge < -0.3 is 5.32 Å². The normalized spacial score (nSPS) is 19.3. The van der Waals surface area contributed by atoms with Crippen LogP contribution in [-0.2, 0) is 25.8 Å². The summed E-state index contributed by atoms with van der Waals surface area (Å²) < 4.78 is 0. The minimum atomic E-state index is 0.723. The fourth-order valence-electron chi connectivity index (χ4n) is 3.67. The molecule has 0 amide bonds. The fraction of sp³-hybridized carbons (Fsp3) is 0.368. The van der Waals surface area contributed by atoms with Gasteiger partial charge in [-0.2, -0.15) is 0 Å². The Hall–Kier alpha value is -1.60. The third-order valence-electron chi connectivity index (χ3n) is 4.84. The van der Waals surface area contributed by atoms with E-state index in [-0.39, 0.29) is 0 Å². The molecule has 0 radical (unpaired) electrons. The van der Waals surface area contributed by atoms with Gasteiger partial charge in [-0.1, -0.05) is 42.5 Å². The molecular weight excluding hydrogens is 242 g/mol. The summed E-state index contributed by atoms with van der Waals surface area (Å²) in [6, 6.07) is 15.9. The second-order valence-corrected chi connectivity index (χ2v) is 6.19. The Kier molecular flexibility index (Phi) is 3.08. The van der Waals surface area contributed by atoms with Gasteiger partial charge in [-0.3, -0.25) is 0 Å². The first-order valence-electron chi connectivity index (χ1n) is 7.79. The van der Waals surface area contributed by atoms with Crippen molar-refractivity contribution in [3.63, 3.8) is 0 Å². The van der Waals surface area contributed by atoms with Crippen molar-refractivity contribution in [3.05, 3.63) is 70.3 Å². The molecule has 0 aromatic heterocycles. The Bertz CT molecular complexity index is 629. The van der Waals surface area contributed by atoms with E-state index in [1.807, 2.05) is 0 Å². The lowest BCUT2D eigenvalue weighted by Gasteiger charge is -2.30. The molecule has 20 heavy (non-hydrogen) atoms. The number of fused-ring (bicyclic) bond motifs is 2. The summed E-state index contributed by atoms with van der Waals surface area (Å²) in [7, 11) is 0. The van der Waals surface area contributed by atoms with Crippen LogP contribution < -0.4 is 5.32 Å². The Labute approximate surface area is 121 Å². The topological polar surface area (TPSA) is 12.0 Å². The van der Waals surface area contributed by atoms with Gasteiger partial charge in [-0.05, 0) is 53.5 Å². The minimum absolute atomic E-state index is 0.723. The standard InChI is InChI=1S/C19H21N/c1-2-7-19-17(4-1)11-18(19)13-20-12-14-8-9-15-5-3-6-16(15)10-14/h1-2,4,7-10,18,20H,3,5-6,11-13H2. The van der Waals surface area contributed by atoms with E-state index in [4.69, 9.17) is 0 Å². The number of nitrogens with one attached hydrogen (secondary N) is 1. The van der Waals surface area contributed by atoms with Crippen LogP contribution in [0.4, 0.5) is 0 Å². The highest BCUT2D eigenvalue weighted by molar-refractivity contribution is 5.40. The highest BCUT2D eigenvalue weighted by Crippen LogP contribution is 2.34. The molecule has 0 saturated heterocycles. The van der Waals surface area contributed by atoms with Crippen LogP contribution in [0.15, 0.2) is 42.5 Å². The van der Waals surface area contributed by atoms with E-state index in [1.54, 1.807) is 16.7 Å². The second-order valence-electron chi connectivity index (χ2n) is 6.19. The summed E-state index contributed by atoms with van der Waals surface area (Å²) >= 11 is 0. The van der Waals surface area contributed by atoms with Crippen molar-refractivity contribution in [1.82, 2.24) is 5.32 Å². The molecule has 0 heterocycles. The summed E-state index contributed by atoms with van der Waals surface area (Å²) in [6.07, 6.45) is 5.14. The fourth-order valence-corrected chi connectivity index (χ4v) is 3.67. The molecule has 2 aliphatic rings. The number of hydrogen-bond donors (Lipinski definition) is 1. The van der Waals surface area contributed by atoms with Gasteiger partial charge in [0.25, 0.3) is 0 Å². The van der Waals surface area contributed by atoms with Crippen molar-refractivity contribution >= 4 is 0 Å². The molecule has 2 aromatic carbocycles. The maximum absolute atomic E-state index is 3.64. The van der Waals surface area contributed by atoms with Gasteiger partial charge in [0.15, 0.2) is 0 Å². The van der Waals surface area contributed by atoms with Crippen LogP contribution in [0.1, 0.15) is 40.2 Å². The lowest BCUT2D eigenvalue weighted by Crippen LogP contribution is -2.28. The van der Waals surface area contributed by atoms with E-state index in [0.717, 1.165) is 19.0 Å². The van der Waals surface area contributed by atoms with Crippen LogP contribution in [0.25, 0.3) is 0 Å². The van der Waals surface area contributed by atoms with E-state index in [0.29, 0.717) is 0 Å². The van der Waals surface area contributed by atoms with E-state index in [1.165, 1.54) is 36.8 Å². The van der Waals surface area contributed by atoms with Crippen LogP contribution in [0.2, 0.25) is 0 Å². The predicted octanol–water partition coefficient (Wildman–Crippen LogP) is 3.60. The van der Waals surface area contributed by atoms with Gasteiger partial charge in [0.1, 0.15) is 0 Å². The first-order chi connectivity index (χ1) is 9.90. The molecule has 1 unspecified atom stereocenters. The molecule has 0 aliphatic heterocycles. The van der Waals surface area contributed by atoms with Crippen molar-refractivity contribution in [2.45, 2.75) is 38.1 Å². The maximum atomic E-state index is 3.64. The highest BCUT2D eigenvalue weighted by Gasteiger charge is 2.24. The Morgan fingerprint density at radius 2 is 1.85 bits per heavy atom. The zero-order valence-corrected chi connectivity index (χ0v) is 11.9. The van der Waals surface area contributed by atoms with Crippen molar-refractivity contribution in [2.24, 2.45) is 0 Å². The minimum Gasteiger partial charge on any atom is -0.312 e. The van der Waals surface area contributed by atoms with Gasteiger partial charge in [0.2, 0.25) is 0 Å². The third kappa shape index (κ3) is 2.16. The van der Waals surface area contributed by atoms with E-state index in [2.05, 4.69) is 47.8 Å². The maximum Gasteiger partial charge on any atom is 0.0205 e. The first kappa shape index (κ1) is 12.2. The molecule has 2 aromatic rings. The summed E-state index contributed by atoms with van der Waals surface area (Å²) in [4.78, 5) is 0. The zero-order chi connectivity index (χ0) is 13.4. The van der Waals surface area contributed by atoms with E-state index in [9.17, 15) is 0 Å². The lowest BCUT2D eigenvalue weighted by atomic mass is 9.77. The molecule has 0 bridgehead atoms. The molecular formula is C19H21N. The SMILES string of the molecule is c1ccc2c(c1)CC2CNCc1ccc2c(c1)CCC2. The zero-order valence-electron chi connectivity index (χ0n) is 11.9. The van der Waals surface area contributed by atoms with E-state index >= 15 is 0 Å². The molecule has 1 N–H and O–H groups in total. The smallest absolute Gasteiger partial charge is 0.0205 e. The molecule has 0 saturated carbocycles. The molecule has 0 fully saturated rings. The Balaban J connectivity index is 1.34. The first-order valence-corrected chi connectivity index (χ1v) is 7.79. The highest BCUT2D eigenvalue weighted by atomic mass is 14.9. The number of aryl methyl sites for hydroxylation is 2. The van der Waals surface area contributed by atoms with Crippen molar-refractivity contribution in [1.29, 1.82) is 0 Å². The van der Waals surface area contributed by atoms with Gasteiger partial charge in [-0.15, -0.1) is 0 Å². The molecule has 1 nitrogen and oxygen atoms in total. The summed E-state index contributed by atoms with van der Waals surface area (Å²) in [5.74, 6) is 0.723. The van der Waals surface area contributed by atoms with Crippen LogP contribution in [0.5, 0.6) is 0 Å². The van der Waals surface area contributed by atoms with Crippen LogP contribution in [0.3, 0.4) is 0 Å². The number of hydrogen-bond acceptors (Lipinski definition) is 1. The van der Waals surface area contributed by atoms with Crippen molar-refractivity contribution in [3.8, 4) is 0 Å². The summed E-state index contributed by atoms with van der Waals surface area (Å²) in [6.45, 7) is 2.11. The van der Waals surface area contributed by atoms with Gasteiger partial charge >= 0.3 is 0 Å². The van der Waals surface area contributed by atoms with Crippen LogP contribution >= 0.6 is 0 Å². The van der Waals surface area contributed by atoms with Crippen LogP contribution in [-0.4, -0.2) is 6.54 Å². The van der Waals surface area contributed by atoms with Crippen molar-refractivity contribution < 1.29 is 0 Å². The second kappa shape index (κ2) is 5.06. The molecule has 1 heteroatoms. The lowest BCUT2D eigenvalue weighted by molar-refractivity contribution is 0.535. The van der Waals surface area contributed by atoms with E-state index < -0.39 is 0 Å². The Morgan fingerprint density at radius 3 is 2.80 bits per heavy atom. The van der Waals surface area contributed by atoms with Gasteiger partial charge in [-0.25, -0.2) is 0 Å². The van der Waals surface area contributed by atoms with Gasteiger partial charge in [0, 0.05) is 19.0 Å².